The second-order valence-corrected chi connectivity index (χ2v) is 5.80. The average Bonchev–Trinajstić information content (AvgIpc) is 3.29. The summed E-state index contributed by atoms with van der Waals surface area (Å²) in [6.07, 6.45) is 3.21. The molecule has 3 N–H and O–H groups in total. The maximum absolute atomic E-state index is 12.6. The summed E-state index contributed by atoms with van der Waals surface area (Å²) in [6.45, 7) is 1.67. The van der Waals surface area contributed by atoms with Crippen molar-refractivity contribution in [3.63, 3.8) is 0 Å². The van der Waals surface area contributed by atoms with Crippen LogP contribution in [-0.2, 0) is 6.42 Å². The van der Waals surface area contributed by atoms with Crippen LogP contribution in [0.15, 0.2) is 36.4 Å². The Hall–Kier alpha value is -2.14. The van der Waals surface area contributed by atoms with Gasteiger partial charge in [-0.2, -0.15) is 5.10 Å². The number of hydrogen-bond donors (Lipinski definition) is 2. The fourth-order valence-electron chi connectivity index (χ4n) is 2.59. The molecule has 116 valence electrons. The first kappa shape index (κ1) is 14.8. The lowest BCUT2D eigenvalue weighted by molar-refractivity contribution is 0.0756. The summed E-state index contributed by atoms with van der Waals surface area (Å²) in [6, 6.07) is 12.1. The van der Waals surface area contributed by atoms with Crippen molar-refractivity contribution in [1.82, 2.24) is 15.1 Å². The SMILES string of the molecule is NCCN(CCc1ccccc1)C(=O)c1cc(C2CC2)[nH]n1. The van der Waals surface area contributed by atoms with Crippen molar-refractivity contribution in [3.8, 4) is 0 Å². The van der Waals surface area contributed by atoms with Gasteiger partial charge in [-0.1, -0.05) is 30.3 Å². The van der Waals surface area contributed by atoms with Crippen molar-refractivity contribution in [3.05, 3.63) is 53.3 Å². The first-order valence-corrected chi connectivity index (χ1v) is 7.86. The molecule has 1 aliphatic rings. The Bertz CT molecular complexity index is 619. The number of hydrogen-bond acceptors (Lipinski definition) is 3. The Morgan fingerprint density at radius 3 is 2.73 bits per heavy atom. The van der Waals surface area contributed by atoms with Crippen molar-refractivity contribution in [2.75, 3.05) is 19.6 Å². The van der Waals surface area contributed by atoms with Gasteiger partial charge in [0.2, 0.25) is 0 Å². The molecule has 1 aromatic carbocycles. The van der Waals surface area contributed by atoms with Gasteiger partial charge in [0.1, 0.15) is 5.69 Å². The summed E-state index contributed by atoms with van der Waals surface area (Å²) >= 11 is 0. The second kappa shape index (κ2) is 6.75. The number of carbonyl (C=O) groups excluding carboxylic acids is 1. The van der Waals surface area contributed by atoms with Gasteiger partial charge in [-0.05, 0) is 30.9 Å². The van der Waals surface area contributed by atoms with Crippen LogP contribution in [-0.4, -0.2) is 40.6 Å². The zero-order valence-corrected chi connectivity index (χ0v) is 12.7. The van der Waals surface area contributed by atoms with Crippen LogP contribution >= 0.6 is 0 Å². The number of nitrogens with one attached hydrogen (secondary N) is 1. The number of aromatic nitrogens is 2. The van der Waals surface area contributed by atoms with Gasteiger partial charge >= 0.3 is 0 Å². The third-order valence-corrected chi connectivity index (χ3v) is 4.03. The standard InChI is InChI=1S/C17H22N4O/c18-9-11-21(10-8-13-4-2-1-3-5-13)17(22)16-12-15(19-20-16)14-6-7-14/h1-5,12,14H,6-11,18H2,(H,19,20). The minimum Gasteiger partial charge on any atom is -0.336 e. The molecule has 0 unspecified atom stereocenters. The molecule has 0 saturated heterocycles. The van der Waals surface area contributed by atoms with E-state index < -0.39 is 0 Å². The molecular formula is C17H22N4O. The second-order valence-electron chi connectivity index (χ2n) is 5.80. The van der Waals surface area contributed by atoms with Crippen LogP contribution in [0.5, 0.6) is 0 Å². The van der Waals surface area contributed by atoms with E-state index in [0.717, 1.165) is 12.1 Å². The van der Waals surface area contributed by atoms with E-state index in [4.69, 9.17) is 5.73 Å². The number of nitrogens with zero attached hydrogens (tertiary/aromatic N) is 2. The monoisotopic (exact) mass is 298 g/mol. The smallest absolute Gasteiger partial charge is 0.274 e. The number of aromatic amines is 1. The molecule has 1 amide bonds. The molecule has 1 fully saturated rings. The summed E-state index contributed by atoms with van der Waals surface area (Å²) < 4.78 is 0. The Morgan fingerprint density at radius 2 is 2.05 bits per heavy atom. The van der Waals surface area contributed by atoms with Crippen LogP contribution in [0, 0.1) is 0 Å². The van der Waals surface area contributed by atoms with Gasteiger partial charge in [0.15, 0.2) is 0 Å². The van der Waals surface area contributed by atoms with Gasteiger partial charge < -0.3 is 10.6 Å². The van der Waals surface area contributed by atoms with E-state index in [9.17, 15) is 4.79 Å². The van der Waals surface area contributed by atoms with E-state index in [-0.39, 0.29) is 5.91 Å². The molecule has 5 nitrogen and oxygen atoms in total. The van der Waals surface area contributed by atoms with Crippen molar-refractivity contribution in [1.29, 1.82) is 0 Å². The lowest BCUT2D eigenvalue weighted by atomic mass is 10.1. The summed E-state index contributed by atoms with van der Waals surface area (Å²) in [5.74, 6) is 0.533. The molecule has 0 aliphatic heterocycles. The molecule has 3 rings (SSSR count). The number of carbonyl (C=O) groups is 1. The molecule has 2 aromatic rings. The minimum absolute atomic E-state index is 0.0375. The zero-order chi connectivity index (χ0) is 15.4. The summed E-state index contributed by atoms with van der Waals surface area (Å²) in [4.78, 5) is 14.4. The molecule has 0 bridgehead atoms. The predicted octanol–water partition coefficient (Wildman–Crippen LogP) is 1.93. The van der Waals surface area contributed by atoms with Crippen LogP contribution in [0.4, 0.5) is 0 Å². The molecule has 1 aliphatic carbocycles. The van der Waals surface area contributed by atoms with Gasteiger partial charge in [-0.25, -0.2) is 0 Å². The molecular weight excluding hydrogens is 276 g/mol. The predicted molar refractivity (Wildman–Crippen MR) is 85.7 cm³/mol. The molecule has 0 atom stereocenters. The van der Waals surface area contributed by atoms with E-state index in [1.54, 1.807) is 4.90 Å². The molecule has 1 saturated carbocycles. The summed E-state index contributed by atoms with van der Waals surface area (Å²) in [5.41, 5.74) is 8.46. The molecule has 0 radical (unpaired) electrons. The third kappa shape index (κ3) is 3.54. The molecule has 1 heterocycles. The summed E-state index contributed by atoms with van der Waals surface area (Å²) in [7, 11) is 0. The minimum atomic E-state index is -0.0375. The van der Waals surface area contributed by atoms with Gasteiger partial charge in [0, 0.05) is 31.2 Å². The van der Waals surface area contributed by atoms with E-state index in [0.29, 0.717) is 31.2 Å². The van der Waals surface area contributed by atoms with Crippen LogP contribution in [0.3, 0.4) is 0 Å². The van der Waals surface area contributed by atoms with Gasteiger partial charge in [0.05, 0.1) is 0 Å². The number of nitrogens with two attached hydrogens (primary N) is 1. The first-order chi connectivity index (χ1) is 10.8. The lowest BCUT2D eigenvalue weighted by Crippen LogP contribution is -2.37. The number of rotatable bonds is 7. The van der Waals surface area contributed by atoms with Gasteiger partial charge in [0.25, 0.3) is 5.91 Å². The number of benzene rings is 1. The zero-order valence-electron chi connectivity index (χ0n) is 12.7. The highest BCUT2D eigenvalue weighted by Crippen LogP contribution is 2.39. The quantitative estimate of drug-likeness (QED) is 0.820. The van der Waals surface area contributed by atoms with Crippen molar-refractivity contribution in [2.24, 2.45) is 5.73 Å². The topological polar surface area (TPSA) is 75.0 Å². The number of H-pyrrole nitrogens is 1. The highest BCUT2D eigenvalue weighted by molar-refractivity contribution is 5.92. The van der Waals surface area contributed by atoms with E-state index in [2.05, 4.69) is 22.3 Å². The summed E-state index contributed by atoms with van der Waals surface area (Å²) in [5, 5.41) is 7.17. The lowest BCUT2D eigenvalue weighted by Gasteiger charge is -2.21. The molecule has 0 spiro atoms. The van der Waals surface area contributed by atoms with Crippen molar-refractivity contribution >= 4 is 5.91 Å². The van der Waals surface area contributed by atoms with Crippen molar-refractivity contribution < 1.29 is 4.79 Å². The third-order valence-electron chi connectivity index (χ3n) is 4.03. The Morgan fingerprint density at radius 1 is 1.27 bits per heavy atom. The van der Waals surface area contributed by atoms with E-state index in [1.807, 2.05) is 24.3 Å². The Kier molecular flexibility index (Phi) is 4.53. The highest BCUT2D eigenvalue weighted by atomic mass is 16.2. The average molecular weight is 298 g/mol. The van der Waals surface area contributed by atoms with Gasteiger partial charge in [-0.15, -0.1) is 0 Å². The van der Waals surface area contributed by atoms with Crippen molar-refractivity contribution in [2.45, 2.75) is 25.2 Å². The normalized spacial score (nSPS) is 14.0. The highest BCUT2D eigenvalue weighted by Gasteiger charge is 2.27. The fraction of sp³-hybridized carbons (Fsp3) is 0.412. The Labute approximate surface area is 130 Å². The van der Waals surface area contributed by atoms with E-state index >= 15 is 0 Å². The Balaban J connectivity index is 1.64. The van der Waals surface area contributed by atoms with Crippen LogP contribution < -0.4 is 5.73 Å². The maximum Gasteiger partial charge on any atom is 0.274 e. The molecule has 1 aromatic heterocycles. The maximum atomic E-state index is 12.6. The van der Waals surface area contributed by atoms with Crippen LogP contribution in [0.2, 0.25) is 0 Å². The van der Waals surface area contributed by atoms with Gasteiger partial charge in [-0.3, -0.25) is 9.89 Å². The molecule has 22 heavy (non-hydrogen) atoms. The van der Waals surface area contributed by atoms with E-state index in [1.165, 1.54) is 18.4 Å². The fourth-order valence-corrected chi connectivity index (χ4v) is 2.59. The largest absolute Gasteiger partial charge is 0.336 e. The van der Waals surface area contributed by atoms with Crippen LogP contribution in [0.25, 0.3) is 0 Å². The molecule has 5 heteroatoms. The first-order valence-electron chi connectivity index (χ1n) is 7.86. The van der Waals surface area contributed by atoms with Crippen LogP contribution in [0.1, 0.15) is 40.5 Å². The number of amides is 1.